The summed E-state index contributed by atoms with van der Waals surface area (Å²) in [5.74, 6) is 0. The summed E-state index contributed by atoms with van der Waals surface area (Å²) in [6, 6.07) is 8.99. The number of hydrogen-bond acceptors (Lipinski definition) is 2. The predicted molar refractivity (Wildman–Crippen MR) is 98.3 cm³/mol. The van der Waals surface area contributed by atoms with Crippen LogP contribution in [0, 0.1) is 6.57 Å². The molecular formula is C19H15ClF3N3O. The molecule has 4 nitrogen and oxygen atoms in total. The minimum Gasteiger partial charge on any atom is -0.281 e. The van der Waals surface area contributed by atoms with Crippen LogP contribution in [0.5, 0.6) is 0 Å². The van der Waals surface area contributed by atoms with Gasteiger partial charge in [-0.3, -0.25) is 4.79 Å². The van der Waals surface area contributed by atoms with Gasteiger partial charge in [-0.2, -0.15) is 18.3 Å². The molecule has 0 saturated heterocycles. The van der Waals surface area contributed by atoms with Crippen LogP contribution in [0.4, 0.5) is 18.9 Å². The van der Waals surface area contributed by atoms with Gasteiger partial charge in [0.15, 0.2) is 0 Å². The fourth-order valence-corrected chi connectivity index (χ4v) is 3.33. The zero-order valence-corrected chi connectivity index (χ0v) is 14.9. The Morgan fingerprint density at radius 3 is 2.52 bits per heavy atom. The van der Waals surface area contributed by atoms with Crippen molar-refractivity contribution in [2.45, 2.75) is 37.2 Å². The quantitative estimate of drug-likeness (QED) is 0.492. The normalized spacial score (nSPS) is 19.1. The summed E-state index contributed by atoms with van der Waals surface area (Å²) in [7, 11) is 0. The summed E-state index contributed by atoms with van der Waals surface area (Å²) in [6.45, 7) is 7.07. The predicted octanol–water partition coefficient (Wildman–Crippen LogP) is 5.47. The summed E-state index contributed by atoms with van der Waals surface area (Å²) < 4.78 is 41.1. The molecule has 1 saturated carbocycles. The van der Waals surface area contributed by atoms with E-state index in [4.69, 9.17) is 18.2 Å². The number of hydrogen-bond donors (Lipinski definition) is 0. The van der Waals surface area contributed by atoms with Crippen molar-refractivity contribution in [2.75, 3.05) is 0 Å². The van der Waals surface area contributed by atoms with E-state index in [0.717, 1.165) is 23.6 Å². The number of alkyl halides is 4. The minimum absolute atomic E-state index is 0.0257. The first kappa shape index (κ1) is 19.2. The van der Waals surface area contributed by atoms with Crippen molar-refractivity contribution in [3.8, 4) is 11.3 Å². The molecule has 1 aliphatic carbocycles. The van der Waals surface area contributed by atoms with Gasteiger partial charge in [0, 0.05) is 5.56 Å². The number of halogens is 4. The Kier molecular flexibility index (Phi) is 5.38. The first-order chi connectivity index (χ1) is 12.8. The van der Waals surface area contributed by atoms with Crippen LogP contribution >= 0.6 is 11.6 Å². The molecule has 0 N–H and O–H groups in total. The Labute approximate surface area is 158 Å². The van der Waals surface area contributed by atoms with Gasteiger partial charge in [-0.25, -0.2) is 9.52 Å². The molecule has 1 heterocycles. The number of pyridine rings is 1. The molecule has 1 unspecified atom stereocenters. The molecule has 1 aromatic carbocycles. The van der Waals surface area contributed by atoms with Crippen LogP contribution in [0.1, 0.15) is 31.2 Å². The van der Waals surface area contributed by atoms with Crippen molar-refractivity contribution in [1.82, 2.24) is 4.68 Å². The highest BCUT2D eigenvalue weighted by Crippen LogP contribution is 2.37. The minimum atomic E-state index is -4.82. The fourth-order valence-electron chi connectivity index (χ4n) is 3.02. The summed E-state index contributed by atoms with van der Waals surface area (Å²) in [5.41, 5.74) is -2.44. The Morgan fingerprint density at radius 1 is 1.22 bits per heavy atom. The first-order valence-corrected chi connectivity index (χ1v) is 8.78. The first-order valence-electron chi connectivity index (χ1n) is 8.35. The molecule has 8 heteroatoms. The van der Waals surface area contributed by atoms with E-state index in [1.165, 1.54) is 0 Å². The molecule has 0 spiro atoms. The van der Waals surface area contributed by atoms with Gasteiger partial charge in [0.25, 0.3) is 11.2 Å². The SMILES string of the molecule is [C-]#[N+]c1c(C(F)(F)F)cc(-c2ccccc2)n(/N=C2\CCCCC2Cl)c1=O. The second-order valence-corrected chi connectivity index (χ2v) is 6.72. The van der Waals surface area contributed by atoms with Crippen molar-refractivity contribution < 1.29 is 13.2 Å². The van der Waals surface area contributed by atoms with Crippen LogP contribution in [0.2, 0.25) is 0 Å². The molecule has 140 valence electrons. The van der Waals surface area contributed by atoms with Crippen LogP contribution in [0.3, 0.4) is 0 Å². The van der Waals surface area contributed by atoms with Gasteiger partial charge in [-0.05, 0) is 25.3 Å². The van der Waals surface area contributed by atoms with Crippen molar-refractivity contribution in [3.63, 3.8) is 0 Å². The molecule has 27 heavy (non-hydrogen) atoms. The lowest BCUT2D eigenvalue weighted by Gasteiger charge is -2.20. The van der Waals surface area contributed by atoms with Gasteiger partial charge in [0.05, 0.1) is 28.9 Å². The molecule has 0 radical (unpaired) electrons. The van der Waals surface area contributed by atoms with Gasteiger partial charge < -0.3 is 0 Å². The summed E-state index contributed by atoms with van der Waals surface area (Å²) in [5, 5.41) is 3.90. The third-order valence-electron chi connectivity index (χ3n) is 4.38. The van der Waals surface area contributed by atoms with Crippen LogP contribution in [-0.2, 0) is 6.18 Å². The molecule has 1 atom stereocenters. The highest BCUT2D eigenvalue weighted by molar-refractivity contribution is 6.32. The smallest absolute Gasteiger partial charge is 0.281 e. The molecular weight excluding hydrogens is 379 g/mol. The monoisotopic (exact) mass is 393 g/mol. The number of benzene rings is 1. The number of rotatable bonds is 2. The second kappa shape index (κ2) is 7.57. The lowest BCUT2D eigenvalue weighted by Crippen LogP contribution is -2.26. The largest absolute Gasteiger partial charge is 0.407 e. The van der Waals surface area contributed by atoms with Crippen molar-refractivity contribution >= 4 is 23.0 Å². The third kappa shape index (κ3) is 3.91. The molecule has 3 rings (SSSR count). The Morgan fingerprint density at radius 2 is 1.93 bits per heavy atom. The number of nitrogens with zero attached hydrogens (tertiary/aromatic N) is 3. The van der Waals surface area contributed by atoms with Crippen molar-refractivity contribution in [3.05, 3.63) is 63.7 Å². The van der Waals surface area contributed by atoms with E-state index in [9.17, 15) is 18.0 Å². The van der Waals surface area contributed by atoms with E-state index in [0.29, 0.717) is 24.1 Å². The molecule has 1 aliphatic rings. The lowest BCUT2D eigenvalue weighted by atomic mass is 9.98. The average Bonchev–Trinajstić information content (AvgIpc) is 2.64. The summed E-state index contributed by atoms with van der Waals surface area (Å²) in [4.78, 5) is 15.6. The Bertz CT molecular complexity index is 975. The maximum atomic E-state index is 13.4. The van der Waals surface area contributed by atoms with Crippen LogP contribution in [-0.4, -0.2) is 15.8 Å². The molecule has 0 amide bonds. The van der Waals surface area contributed by atoms with E-state index in [1.807, 2.05) is 0 Å². The molecule has 2 aromatic rings. The number of aromatic nitrogens is 1. The van der Waals surface area contributed by atoms with Crippen LogP contribution in [0.25, 0.3) is 16.1 Å². The van der Waals surface area contributed by atoms with Crippen molar-refractivity contribution in [2.24, 2.45) is 5.10 Å². The van der Waals surface area contributed by atoms with Crippen LogP contribution in [0.15, 0.2) is 46.3 Å². The van der Waals surface area contributed by atoms with Gasteiger partial charge in [0.1, 0.15) is 0 Å². The highest BCUT2D eigenvalue weighted by Gasteiger charge is 2.36. The van der Waals surface area contributed by atoms with Gasteiger partial charge in [0.2, 0.25) is 0 Å². The van der Waals surface area contributed by atoms with Crippen LogP contribution < -0.4 is 5.56 Å². The third-order valence-corrected chi connectivity index (χ3v) is 4.85. The zero-order chi connectivity index (χ0) is 19.6. The maximum Gasteiger partial charge on any atom is 0.407 e. The zero-order valence-electron chi connectivity index (χ0n) is 14.1. The highest BCUT2D eigenvalue weighted by atomic mass is 35.5. The molecule has 1 aromatic heterocycles. The topological polar surface area (TPSA) is 38.7 Å². The van der Waals surface area contributed by atoms with Gasteiger partial charge >= 0.3 is 6.18 Å². The molecule has 0 aliphatic heterocycles. The molecule has 1 fully saturated rings. The average molecular weight is 394 g/mol. The van der Waals surface area contributed by atoms with E-state index >= 15 is 0 Å². The fraction of sp³-hybridized carbons (Fsp3) is 0.316. The lowest BCUT2D eigenvalue weighted by molar-refractivity contribution is -0.136. The second-order valence-electron chi connectivity index (χ2n) is 6.19. The van der Waals surface area contributed by atoms with Crippen molar-refractivity contribution in [1.29, 1.82) is 0 Å². The van der Waals surface area contributed by atoms with E-state index in [2.05, 4.69) is 9.95 Å². The Hall–Kier alpha value is -2.59. The molecule has 0 bridgehead atoms. The van der Waals surface area contributed by atoms with E-state index in [-0.39, 0.29) is 11.1 Å². The van der Waals surface area contributed by atoms with E-state index in [1.54, 1.807) is 30.3 Å². The maximum absolute atomic E-state index is 13.4. The van der Waals surface area contributed by atoms with Gasteiger partial charge in [-0.1, -0.05) is 36.8 Å². The summed E-state index contributed by atoms with van der Waals surface area (Å²) >= 11 is 6.27. The summed E-state index contributed by atoms with van der Waals surface area (Å²) in [6.07, 6.45) is -1.81. The van der Waals surface area contributed by atoms with Gasteiger partial charge in [-0.15, -0.1) is 11.6 Å². The van der Waals surface area contributed by atoms with E-state index < -0.39 is 23.0 Å². The standard InChI is InChI=1S/C19H15ClF3N3O/c1-24-17-13(19(21,22)23)11-16(12-7-3-2-4-8-12)26(18(17)27)25-15-10-6-5-9-14(15)20/h2-4,7-8,11,14H,5-6,9-10H2/b25-15+. The Balaban J connectivity index is 2.33.